The first-order chi connectivity index (χ1) is 7.69. The Morgan fingerprint density at radius 2 is 2.38 bits per heavy atom. The van der Waals surface area contributed by atoms with E-state index in [-0.39, 0.29) is 11.9 Å². The van der Waals surface area contributed by atoms with Gasteiger partial charge in [0.2, 0.25) is 0 Å². The quantitative estimate of drug-likeness (QED) is 0.852. The number of ether oxygens (including phenoxy) is 1. The van der Waals surface area contributed by atoms with Crippen molar-refractivity contribution in [2.24, 2.45) is 5.73 Å². The van der Waals surface area contributed by atoms with Crippen LogP contribution in [-0.2, 0) is 17.2 Å². The average Bonchev–Trinajstić information content (AvgIpc) is 2.59. The fourth-order valence-electron chi connectivity index (χ4n) is 1.80. The van der Waals surface area contributed by atoms with E-state index in [1.807, 2.05) is 0 Å². The number of rotatable bonds is 4. The Kier molecular flexibility index (Phi) is 3.56. The number of nitrogens with two attached hydrogens (primary N) is 1. The topological polar surface area (TPSA) is 52.3 Å². The molecular weight excluding hydrogens is 229 g/mol. The summed E-state index contributed by atoms with van der Waals surface area (Å²) in [6.45, 7) is 0.418. The Labute approximate surface area is 96.2 Å². The fraction of sp³-hybridized carbons (Fsp3) is 0.455. The van der Waals surface area contributed by atoms with Gasteiger partial charge in [-0.05, 0) is 18.2 Å². The number of halogens is 1. The summed E-state index contributed by atoms with van der Waals surface area (Å²) in [6, 6.07) is 4.47. The van der Waals surface area contributed by atoms with Crippen LogP contribution in [-0.4, -0.2) is 28.4 Å². The SMILES string of the molecule is NCCS(=O)CC1Cc2cc(F)ccc2O1. The normalized spacial score (nSPS) is 20.2. The molecule has 0 aliphatic carbocycles. The lowest BCUT2D eigenvalue weighted by atomic mass is 10.1. The van der Waals surface area contributed by atoms with Gasteiger partial charge in [0.1, 0.15) is 17.7 Å². The number of hydrogen-bond donors (Lipinski definition) is 1. The first-order valence-corrected chi connectivity index (χ1v) is 6.68. The van der Waals surface area contributed by atoms with Gasteiger partial charge < -0.3 is 10.5 Å². The molecule has 0 bridgehead atoms. The van der Waals surface area contributed by atoms with E-state index in [2.05, 4.69) is 0 Å². The van der Waals surface area contributed by atoms with Crippen molar-refractivity contribution in [2.45, 2.75) is 12.5 Å². The minimum atomic E-state index is -0.947. The summed E-state index contributed by atoms with van der Waals surface area (Å²) in [5, 5.41) is 0. The summed E-state index contributed by atoms with van der Waals surface area (Å²) >= 11 is 0. The van der Waals surface area contributed by atoms with Gasteiger partial charge in [-0.25, -0.2) is 4.39 Å². The largest absolute Gasteiger partial charge is 0.489 e. The van der Waals surface area contributed by atoms with Crippen LogP contribution < -0.4 is 10.5 Å². The summed E-state index contributed by atoms with van der Waals surface area (Å²) in [4.78, 5) is 0. The van der Waals surface area contributed by atoms with Crippen LogP contribution in [0.15, 0.2) is 18.2 Å². The molecular formula is C11H14FNO2S. The van der Waals surface area contributed by atoms with Crippen LogP contribution in [0, 0.1) is 5.82 Å². The predicted octanol–water partition coefficient (Wildman–Crippen LogP) is 0.837. The minimum Gasteiger partial charge on any atom is -0.489 e. The number of benzene rings is 1. The summed E-state index contributed by atoms with van der Waals surface area (Å²) in [5.74, 6) is 1.40. The second-order valence-corrected chi connectivity index (χ2v) is 5.42. The molecule has 1 aliphatic heterocycles. The summed E-state index contributed by atoms with van der Waals surface area (Å²) < 4.78 is 30.0. The Bertz CT molecular complexity index is 411. The molecule has 1 aliphatic rings. The van der Waals surface area contributed by atoms with Gasteiger partial charge in [-0.15, -0.1) is 0 Å². The third-order valence-corrected chi connectivity index (χ3v) is 3.92. The highest BCUT2D eigenvalue weighted by molar-refractivity contribution is 7.85. The molecule has 0 radical (unpaired) electrons. The first kappa shape index (κ1) is 11.5. The van der Waals surface area contributed by atoms with E-state index >= 15 is 0 Å². The molecule has 0 spiro atoms. The average molecular weight is 243 g/mol. The van der Waals surface area contributed by atoms with Gasteiger partial charge in [0.15, 0.2) is 0 Å². The number of hydrogen-bond acceptors (Lipinski definition) is 3. The lowest BCUT2D eigenvalue weighted by Gasteiger charge is -2.09. The van der Waals surface area contributed by atoms with Gasteiger partial charge >= 0.3 is 0 Å². The molecule has 2 atom stereocenters. The van der Waals surface area contributed by atoms with Crippen LogP contribution in [0.3, 0.4) is 0 Å². The van der Waals surface area contributed by atoms with Crippen LogP contribution in [0.1, 0.15) is 5.56 Å². The van der Waals surface area contributed by atoms with E-state index in [4.69, 9.17) is 10.5 Å². The van der Waals surface area contributed by atoms with Crippen molar-refractivity contribution in [3.63, 3.8) is 0 Å². The summed E-state index contributed by atoms with van der Waals surface area (Å²) in [7, 11) is -0.947. The maximum absolute atomic E-state index is 12.9. The van der Waals surface area contributed by atoms with E-state index in [0.29, 0.717) is 30.2 Å². The molecule has 1 aromatic carbocycles. The molecule has 0 fully saturated rings. The van der Waals surface area contributed by atoms with Crippen molar-refractivity contribution in [3.05, 3.63) is 29.6 Å². The van der Waals surface area contributed by atoms with E-state index in [1.165, 1.54) is 12.1 Å². The molecule has 16 heavy (non-hydrogen) atoms. The molecule has 88 valence electrons. The highest BCUT2D eigenvalue weighted by Gasteiger charge is 2.24. The van der Waals surface area contributed by atoms with Gasteiger partial charge in [-0.2, -0.15) is 0 Å². The maximum atomic E-state index is 12.9. The molecule has 1 heterocycles. The number of fused-ring (bicyclic) bond motifs is 1. The van der Waals surface area contributed by atoms with E-state index in [1.54, 1.807) is 6.07 Å². The summed E-state index contributed by atoms with van der Waals surface area (Å²) in [5.41, 5.74) is 6.18. The Morgan fingerprint density at radius 1 is 1.56 bits per heavy atom. The van der Waals surface area contributed by atoms with Crippen molar-refractivity contribution in [1.82, 2.24) is 0 Å². The van der Waals surface area contributed by atoms with Crippen molar-refractivity contribution in [1.29, 1.82) is 0 Å². The lowest BCUT2D eigenvalue weighted by molar-refractivity contribution is 0.258. The molecule has 2 unspecified atom stereocenters. The van der Waals surface area contributed by atoms with Crippen molar-refractivity contribution in [2.75, 3.05) is 18.1 Å². The van der Waals surface area contributed by atoms with Gasteiger partial charge in [0, 0.05) is 35.1 Å². The summed E-state index contributed by atoms with van der Waals surface area (Å²) in [6.07, 6.45) is 0.521. The van der Waals surface area contributed by atoms with Gasteiger partial charge in [-0.3, -0.25) is 4.21 Å². The Hall–Kier alpha value is -0.940. The van der Waals surface area contributed by atoms with Crippen LogP contribution in [0.2, 0.25) is 0 Å². The predicted molar refractivity (Wildman–Crippen MR) is 61.5 cm³/mol. The van der Waals surface area contributed by atoms with Crippen molar-refractivity contribution >= 4 is 10.8 Å². The molecule has 3 nitrogen and oxygen atoms in total. The van der Waals surface area contributed by atoms with Crippen molar-refractivity contribution in [3.8, 4) is 5.75 Å². The molecule has 0 aromatic heterocycles. The Morgan fingerprint density at radius 3 is 3.12 bits per heavy atom. The highest BCUT2D eigenvalue weighted by Crippen LogP contribution is 2.29. The molecule has 2 rings (SSSR count). The van der Waals surface area contributed by atoms with Crippen LogP contribution in [0.25, 0.3) is 0 Å². The second kappa shape index (κ2) is 4.93. The smallest absolute Gasteiger partial charge is 0.123 e. The maximum Gasteiger partial charge on any atom is 0.123 e. The molecule has 0 saturated heterocycles. The molecule has 1 aromatic rings. The van der Waals surface area contributed by atoms with Gasteiger partial charge in [0.25, 0.3) is 0 Å². The van der Waals surface area contributed by atoms with Crippen LogP contribution in [0.5, 0.6) is 5.75 Å². The zero-order valence-electron chi connectivity index (χ0n) is 8.82. The second-order valence-electron chi connectivity index (χ2n) is 3.80. The fourth-order valence-corrected chi connectivity index (χ4v) is 2.83. The molecule has 5 heteroatoms. The van der Waals surface area contributed by atoms with Crippen LogP contribution >= 0.6 is 0 Å². The monoisotopic (exact) mass is 243 g/mol. The van der Waals surface area contributed by atoms with E-state index in [0.717, 1.165) is 5.56 Å². The molecule has 0 saturated carbocycles. The lowest BCUT2D eigenvalue weighted by Crippen LogP contribution is -2.24. The molecule has 2 N–H and O–H groups in total. The Balaban J connectivity index is 1.97. The zero-order valence-corrected chi connectivity index (χ0v) is 9.63. The van der Waals surface area contributed by atoms with Gasteiger partial charge in [-0.1, -0.05) is 0 Å². The van der Waals surface area contributed by atoms with E-state index in [9.17, 15) is 8.60 Å². The standard InChI is InChI=1S/C11H14FNO2S/c12-9-1-2-11-8(5-9)6-10(15-11)7-16(14)4-3-13/h1-2,5,10H,3-4,6-7,13H2. The van der Waals surface area contributed by atoms with Crippen LogP contribution in [0.4, 0.5) is 4.39 Å². The first-order valence-electron chi connectivity index (χ1n) is 5.19. The highest BCUT2D eigenvalue weighted by atomic mass is 32.2. The third kappa shape index (κ3) is 2.59. The minimum absolute atomic E-state index is 0.107. The van der Waals surface area contributed by atoms with E-state index < -0.39 is 10.8 Å². The van der Waals surface area contributed by atoms with Crippen molar-refractivity contribution < 1.29 is 13.3 Å². The zero-order chi connectivity index (χ0) is 11.5. The molecule has 0 amide bonds. The third-order valence-electron chi connectivity index (χ3n) is 2.48. The van der Waals surface area contributed by atoms with Gasteiger partial charge in [0.05, 0.1) is 5.75 Å².